The number of methoxy groups -OCH3 is 1. The third-order valence-corrected chi connectivity index (χ3v) is 4.81. The van der Waals surface area contributed by atoms with Gasteiger partial charge in [-0.25, -0.2) is 4.68 Å². The first-order chi connectivity index (χ1) is 14.3. The molecule has 0 aliphatic heterocycles. The Hall–Kier alpha value is -3.12. The zero-order chi connectivity index (χ0) is 21.7. The Labute approximate surface area is 178 Å². The highest BCUT2D eigenvalue weighted by atomic mass is 16.5. The summed E-state index contributed by atoms with van der Waals surface area (Å²) in [7, 11) is 5.69. The average molecular weight is 407 g/mol. The second-order valence-electron chi connectivity index (χ2n) is 8.46. The quantitative estimate of drug-likeness (QED) is 0.617. The Morgan fingerprint density at radius 1 is 1.10 bits per heavy atom. The zero-order valence-corrected chi connectivity index (χ0v) is 18.3. The van der Waals surface area contributed by atoms with Crippen LogP contribution in [0.5, 0.6) is 5.75 Å². The molecule has 0 fully saturated rings. The Kier molecular flexibility index (Phi) is 6.57. The molecule has 3 rings (SSSR count). The molecule has 1 heterocycles. The number of carbonyl (C=O) groups excluding carboxylic acids is 1. The largest absolute Gasteiger partial charge is 0.496 e. The van der Waals surface area contributed by atoms with Crippen molar-refractivity contribution < 1.29 is 9.53 Å². The molecule has 0 atom stereocenters. The normalized spacial score (nSPS) is 11.5. The van der Waals surface area contributed by atoms with E-state index in [0.29, 0.717) is 23.6 Å². The Balaban J connectivity index is 1.98. The van der Waals surface area contributed by atoms with E-state index in [1.54, 1.807) is 18.0 Å². The predicted molar refractivity (Wildman–Crippen MR) is 120 cm³/mol. The zero-order valence-electron chi connectivity index (χ0n) is 18.3. The minimum atomic E-state index is -0.148. The minimum absolute atomic E-state index is 0.0564. The van der Waals surface area contributed by atoms with E-state index in [0.717, 1.165) is 17.8 Å². The van der Waals surface area contributed by atoms with Gasteiger partial charge in [-0.1, -0.05) is 44.2 Å². The van der Waals surface area contributed by atoms with E-state index in [9.17, 15) is 4.79 Å². The maximum absolute atomic E-state index is 13.2. The van der Waals surface area contributed by atoms with E-state index < -0.39 is 0 Å². The van der Waals surface area contributed by atoms with Gasteiger partial charge in [-0.05, 0) is 43.8 Å². The lowest BCUT2D eigenvalue weighted by molar-refractivity contribution is 0.0930. The fourth-order valence-corrected chi connectivity index (χ4v) is 3.62. The van der Waals surface area contributed by atoms with Gasteiger partial charge in [0.1, 0.15) is 11.4 Å². The summed E-state index contributed by atoms with van der Waals surface area (Å²) in [5.74, 6) is 0.530. The van der Waals surface area contributed by atoms with Crippen LogP contribution in [-0.4, -0.2) is 54.9 Å². The molecule has 1 amide bonds. The van der Waals surface area contributed by atoms with Gasteiger partial charge in [0.2, 0.25) is 0 Å². The van der Waals surface area contributed by atoms with Gasteiger partial charge >= 0.3 is 0 Å². The van der Waals surface area contributed by atoms with E-state index in [4.69, 9.17) is 9.84 Å². The molecule has 6 nitrogen and oxygen atoms in total. The van der Waals surface area contributed by atoms with Crippen LogP contribution < -0.4 is 10.1 Å². The van der Waals surface area contributed by atoms with E-state index >= 15 is 0 Å². The van der Waals surface area contributed by atoms with Gasteiger partial charge in [0.05, 0.1) is 18.4 Å². The molecule has 2 aromatic carbocycles. The van der Waals surface area contributed by atoms with Crippen molar-refractivity contribution in [3.63, 3.8) is 0 Å². The van der Waals surface area contributed by atoms with Crippen LogP contribution in [0.15, 0.2) is 60.8 Å². The monoisotopic (exact) mass is 406 g/mol. The molecule has 1 aromatic heterocycles. The molecule has 6 heteroatoms. The minimum Gasteiger partial charge on any atom is -0.496 e. The lowest BCUT2D eigenvalue weighted by atomic mass is 9.93. The molecule has 0 bridgehead atoms. The smallest absolute Gasteiger partial charge is 0.255 e. The van der Waals surface area contributed by atoms with Crippen LogP contribution >= 0.6 is 0 Å². The van der Waals surface area contributed by atoms with Crippen molar-refractivity contribution in [3.8, 4) is 22.7 Å². The molecule has 0 unspecified atom stereocenters. The molecule has 0 saturated heterocycles. The van der Waals surface area contributed by atoms with Crippen LogP contribution in [0.3, 0.4) is 0 Å². The maximum Gasteiger partial charge on any atom is 0.255 e. The Morgan fingerprint density at radius 2 is 1.77 bits per heavy atom. The molecular formula is C24H30N4O2. The maximum atomic E-state index is 13.2. The van der Waals surface area contributed by atoms with E-state index in [1.165, 1.54) is 0 Å². The molecule has 1 N–H and O–H groups in total. The van der Waals surface area contributed by atoms with Crippen molar-refractivity contribution in [2.45, 2.75) is 13.8 Å². The molecule has 158 valence electrons. The van der Waals surface area contributed by atoms with Crippen LogP contribution in [-0.2, 0) is 0 Å². The number of hydrogen-bond donors (Lipinski definition) is 1. The molecule has 30 heavy (non-hydrogen) atoms. The van der Waals surface area contributed by atoms with Gasteiger partial charge in [0.25, 0.3) is 5.91 Å². The van der Waals surface area contributed by atoms with Gasteiger partial charge in [0, 0.05) is 24.8 Å². The van der Waals surface area contributed by atoms with Crippen LogP contribution in [0.4, 0.5) is 0 Å². The van der Waals surface area contributed by atoms with Gasteiger partial charge in [-0.2, -0.15) is 5.10 Å². The predicted octanol–water partition coefficient (Wildman–Crippen LogP) is 3.87. The number of carbonyl (C=O) groups is 1. The van der Waals surface area contributed by atoms with Gasteiger partial charge in [0.15, 0.2) is 0 Å². The molecular weight excluding hydrogens is 376 g/mol. The summed E-state index contributed by atoms with van der Waals surface area (Å²) in [6.45, 7) is 5.71. The highest BCUT2D eigenvalue weighted by Crippen LogP contribution is 2.31. The number of nitrogens with one attached hydrogen (secondary N) is 1. The van der Waals surface area contributed by atoms with Crippen molar-refractivity contribution in [3.05, 3.63) is 66.4 Å². The number of hydrogen-bond acceptors (Lipinski definition) is 4. The first-order valence-corrected chi connectivity index (χ1v) is 10.0. The second-order valence-corrected chi connectivity index (χ2v) is 8.46. The summed E-state index contributed by atoms with van der Waals surface area (Å²) in [6.07, 6.45) is 1.78. The standard InChI is InChI=1S/C24H30N4O2/c1-24(2,17-27(3)4)16-25-23(29)20-15-28(18-11-7-6-8-12-18)26-22(20)19-13-9-10-14-21(19)30-5/h6-15H,16-17H2,1-5H3,(H,25,29). The summed E-state index contributed by atoms with van der Waals surface area (Å²) in [5, 5.41) is 7.84. The average Bonchev–Trinajstić information content (AvgIpc) is 3.17. The first kappa shape index (κ1) is 21.6. The number of rotatable bonds is 8. The Bertz CT molecular complexity index is 993. The highest BCUT2D eigenvalue weighted by Gasteiger charge is 2.24. The fraction of sp³-hybridized carbons (Fsp3) is 0.333. The van der Waals surface area contributed by atoms with Crippen LogP contribution in [0, 0.1) is 5.41 Å². The van der Waals surface area contributed by atoms with E-state index in [2.05, 4.69) is 24.1 Å². The van der Waals surface area contributed by atoms with Crippen molar-refractivity contribution in [2.24, 2.45) is 5.41 Å². The summed E-state index contributed by atoms with van der Waals surface area (Å²) in [4.78, 5) is 15.3. The lowest BCUT2D eigenvalue weighted by Gasteiger charge is -2.28. The fourth-order valence-electron chi connectivity index (χ4n) is 3.62. The summed E-state index contributed by atoms with van der Waals surface area (Å²) < 4.78 is 7.26. The summed E-state index contributed by atoms with van der Waals surface area (Å²) >= 11 is 0. The molecule has 0 spiro atoms. The van der Waals surface area contributed by atoms with Gasteiger partial charge in [-0.15, -0.1) is 0 Å². The topological polar surface area (TPSA) is 59.4 Å². The molecule has 0 aliphatic carbocycles. The SMILES string of the molecule is COc1ccccc1-c1nn(-c2ccccc2)cc1C(=O)NCC(C)(C)CN(C)C. The number of benzene rings is 2. The molecule has 0 aliphatic rings. The molecule has 0 saturated carbocycles. The molecule has 3 aromatic rings. The third-order valence-electron chi connectivity index (χ3n) is 4.81. The third kappa shape index (κ3) is 5.07. The van der Waals surface area contributed by atoms with Gasteiger partial charge < -0.3 is 15.0 Å². The Morgan fingerprint density at radius 3 is 2.43 bits per heavy atom. The molecule has 0 radical (unpaired) electrons. The van der Waals surface area contributed by atoms with E-state index in [-0.39, 0.29) is 11.3 Å². The van der Waals surface area contributed by atoms with Crippen LogP contribution in [0.1, 0.15) is 24.2 Å². The lowest BCUT2D eigenvalue weighted by Crippen LogP contribution is -2.40. The number of ether oxygens (including phenoxy) is 1. The summed E-state index contributed by atoms with van der Waals surface area (Å²) in [6, 6.07) is 17.4. The van der Waals surface area contributed by atoms with E-state index in [1.807, 2.05) is 68.7 Å². The van der Waals surface area contributed by atoms with Gasteiger partial charge in [-0.3, -0.25) is 4.79 Å². The van der Waals surface area contributed by atoms with Crippen molar-refractivity contribution in [1.29, 1.82) is 0 Å². The summed E-state index contributed by atoms with van der Waals surface area (Å²) in [5.41, 5.74) is 2.73. The number of amides is 1. The second kappa shape index (κ2) is 9.13. The van der Waals surface area contributed by atoms with Crippen LogP contribution in [0.25, 0.3) is 16.9 Å². The van der Waals surface area contributed by atoms with Crippen molar-refractivity contribution in [2.75, 3.05) is 34.3 Å². The van der Waals surface area contributed by atoms with Crippen molar-refractivity contribution >= 4 is 5.91 Å². The van der Waals surface area contributed by atoms with Crippen LogP contribution in [0.2, 0.25) is 0 Å². The number of nitrogens with zero attached hydrogens (tertiary/aromatic N) is 3. The number of aromatic nitrogens is 2. The number of para-hydroxylation sites is 2. The first-order valence-electron chi connectivity index (χ1n) is 10.0. The van der Waals surface area contributed by atoms with Crippen molar-refractivity contribution in [1.82, 2.24) is 20.0 Å². The highest BCUT2D eigenvalue weighted by molar-refractivity contribution is 6.00.